The SMILES string of the molecule is CN=C(NCC1CCCN(C(C)C)C1)NC1CC1.I. The maximum absolute atomic E-state index is 4.29. The van der Waals surface area contributed by atoms with Crippen LogP contribution in [0.2, 0.25) is 0 Å². The quantitative estimate of drug-likeness (QED) is 0.446. The van der Waals surface area contributed by atoms with E-state index in [1.165, 1.54) is 38.8 Å². The van der Waals surface area contributed by atoms with Crippen molar-refractivity contribution in [3.05, 3.63) is 0 Å². The number of hydrogen-bond donors (Lipinski definition) is 2. The average Bonchev–Trinajstić information content (AvgIpc) is 3.18. The van der Waals surface area contributed by atoms with E-state index in [1.807, 2.05) is 7.05 Å². The van der Waals surface area contributed by atoms with Crippen molar-refractivity contribution in [2.75, 3.05) is 26.7 Å². The van der Waals surface area contributed by atoms with E-state index < -0.39 is 0 Å². The summed E-state index contributed by atoms with van der Waals surface area (Å²) in [5.74, 6) is 1.75. The molecule has 1 aliphatic carbocycles. The minimum atomic E-state index is 0. The number of nitrogens with one attached hydrogen (secondary N) is 2. The van der Waals surface area contributed by atoms with Crippen LogP contribution in [0.3, 0.4) is 0 Å². The molecule has 4 nitrogen and oxygen atoms in total. The lowest BCUT2D eigenvalue weighted by Gasteiger charge is -2.35. The molecule has 2 aliphatic rings. The Morgan fingerprint density at radius 3 is 2.63 bits per heavy atom. The predicted molar refractivity (Wildman–Crippen MR) is 92.4 cm³/mol. The molecule has 1 unspecified atom stereocenters. The third-order valence-corrected chi connectivity index (χ3v) is 3.98. The molecule has 1 heterocycles. The molecule has 0 aromatic carbocycles. The molecule has 0 amide bonds. The van der Waals surface area contributed by atoms with Gasteiger partial charge >= 0.3 is 0 Å². The van der Waals surface area contributed by atoms with Crippen LogP contribution < -0.4 is 10.6 Å². The molecular weight excluding hydrogens is 351 g/mol. The van der Waals surface area contributed by atoms with E-state index in [0.29, 0.717) is 12.1 Å². The van der Waals surface area contributed by atoms with Gasteiger partial charge in [-0.15, -0.1) is 24.0 Å². The van der Waals surface area contributed by atoms with Gasteiger partial charge in [0.1, 0.15) is 0 Å². The fraction of sp³-hybridized carbons (Fsp3) is 0.929. The zero-order chi connectivity index (χ0) is 13.0. The first kappa shape index (κ1) is 17.0. The number of piperidine rings is 1. The van der Waals surface area contributed by atoms with Gasteiger partial charge in [0.2, 0.25) is 0 Å². The number of hydrogen-bond acceptors (Lipinski definition) is 2. The van der Waals surface area contributed by atoms with E-state index in [2.05, 4.69) is 34.4 Å². The van der Waals surface area contributed by atoms with Crippen molar-refractivity contribution in [2.24, 2.45) is 10.9 Å². The summed E-state index contributed by atoms with van der Waals surface area (Å²) in [7, 11) is 1.86. The van der Waals surface area contributed by atoms with Crippen LogP contribution in [0.4, 0.5) is 0 Å². The van der Waals surface area contributed by atoms with E-state index in [1.54, 1.807) is 0 Å². The van der Waals surface area contributed by atoms with E-state index in [9.17, 15) is 0 Å². The maximum atomic E-state index is 4.29. The van der Waals surface area contributed by atoms with Gasteiger partial charge in [0.15, 0.2) is 5.96 Å². The molecule has 5 heteroatoms. The van der Waals surface area contributed by atoms with Crippen LogP contribution in [-0.4, -0.2) is 49.6 Å². The molecule has 2 N–H and O–H groups in total. The van der Waals surface area contributed by atoms with Crippen LogP contribution in [0, 0.1) is 5.92 Å². The molecule has 112 valence electrons. The van der Waals surface area contributed by atoms with Crippen molar-refractivity contribution in [3.63, 3.8) is 0 Å². The van der Waals surface area contributed by atoms with Gasteiger partial charge in [0.25, 0.3) is 0 Å². The van der Waals surface area contributed by atoms with Crippen LogP contribution in [0.15, 0.2) is 4.99 Å². The van der Waals surface area contributed by atoms with E-state index >= 15 is 0 Å². The maximum Gasteiger partial charge on any atom is 0.191 e. The Hall–Kier alpha value is -0.0400. The summed E-state index contributed by atoms with van der Waals surface area (Å²) >= 11 is 0. The Bertz CT molecular complexity index is 289. The normalized spacial score (nSPS) is 25.1. The van der Waals surface area contributed by atoms with Gasteiger partial charge in [-0.05, 0) is 52.0 Å². The van der Waals surface area contributed by atoms with Crippen molar-refractivity contribution < 1.29 is 0 Å². The Morgan fingerprint density at radius 2 is 2.05 bits per heavy atom. The Balaban J connectivity index is 0.00000180. The molecular formula is C14H29IN4. The second kappa shape index (κ2) is 8.29. The van der Waals surface area contributed by atoms with Crippen molar-refractivity contribution >= 4 is 29.9 Å². The molecule has 0 radical (unpaired) electrons. The summed E-state index contributed by atoms with van der Waals surface area (Å²) in [6, 6.07) is 1.35. The van der Waals surface area contributed by atoms with Crippen molar-refractivity contribution in [1.82, 2.24) is 15.5 Å². The number of guanidine groups is 1. The highest BCUT2D eigenvalue weighted by Crippen LogP contribution is 2.19. The van der Waals surface area contributed by atoms with Gasteiger partial charge in [-0.25, -0.2) is 0 Å². The first-order chi connectivity index (χ1) is 8.69. The minimum Gasteiger partial charge on any atom is -0.356 e. The molecule has 0 aromatic rings. The minimum absolute atomic E-state index is 0. The number of likely N-dealkylation sites (tertiary alicyclic amines) is 1. The highest BCUT2D eigenvalue weighted by Gasteiger charge is 2.24. The second-order valence-corrected chi connectivity index (χ2v) is 5.97. The van der Waals surface area contributed by atoms with Crippen molar-refractivity contribution in [1.29, 1.82) is 0 Å². The molecule has 1 aliphatic heterocycles. The van der Waals surface area contributed by atoms with Crippen LogP contribution in [0.25, 0.3) is 0 Å². The molecule has 0 aromatic heterocycles. The highest BCUT2D eigenvalue weighted by atomic mass is 127. The number of nitrogens with zero attached hydrogens (tertiary/aromatic N) is 2. The van der Waals surface area contributed by atoms with Crippen LogP contribution >= 0.6 is 24.0 Å². The van der Waals surface area contributed by atoms with Crippen molar-refractivity contribution in [2.45, 2.75) is 51.6 Å². The third kappa shape index (κ3) is 5.85. The molecule has 0 spiro atoms. The summed E-state index contributed by atoms with van der Waals surface area (Å²) in [6.07, 6.45) is 5.27. The van der Waals surface area contributed by atoms with Crippen LogP contribution in [0.1, 0.15) is 39.5 Å². The molecule has 2 fully saturated rings. The van der Waals surface area contributed by atoms with Gasteiger partial charge in [-0.3, -0.25) is 4.99 Å². The Labute approximate surface area is 134 Å². The number of halogens is 1. The zero-order valence-electron chi connectivity index (χ0n) is 12.5. The van der Waals surface area contributed by atoms with Gasteiger partial charge in [0.05, 0.1) is 0 Å². The Morgan fingerprint density at radius 1 is 1.32 bits per heavy atom. The van der Waals surface area contributed by atoms with E-state index in [-0.39, 0.29) is 24.0 Å². The predicted octanol–water partition coefficient (Wildman–Crippen LogP) is 2.05. The second-order valence-electron chi connectivity index (χ2n) is 5.97. The standard InChI is InChI=1S/C14H28N4.HI/c1-11(2)18-8-4-5-12(10-18)9-16-14(15-3)17-13-6-7-13;/h11-13H,4-10H2,1-3H3,(H2,15,16,17);1H. The van der Waals surface area contributed by atoms with E-state index in [0.717, 1.165) is 18.4 Å². The van der Waals surface area contributed by atoms with E-state index in [4.69, 9.17) is 0 Å². The molecule has 0 bridgehead atoms. The van der Waals surface area contributed by atoms with Gasteiger partial charge in [-0.2, -0.15) is 0 Å². The topological polar surface area (TPSA) is 39.7 Å². The number of aliphatic imine (C=N–C) groups is 1. The fourth-order valence-corrected chi connectivity index (χ4v) is 2.59. The largest absolute Gasteiger partial charge is 0.356 e. The number of rotatable bonds is 4. The zero-order valence-corrected chi connectivity index (χ0v) is 14.8. The summed E-state index contributed by atoms with van der Waals surface area (Å²) in [4.78, 5) is 6.88. The lowest BCUT2D eigenvalue weighted by atomic mass is 9.97. The monoisotopic (exact) mass is 380 g/mol. The smallest absolute Gasteiger partial charge is 0.191 e. The fourth-order valence-electron chi connectivity index (χ4n) is 2.59. The van der Waals surface area contributed by atoms with Gasteiger partial charge in [-0.1, -0.05) is 0 Å². The molecule has 1 atom stereocenters. The van der Waals surface area contributed by atoms with Crippen molar-refractivity contribution in [3.8, 4) is 0 Å². The third-order valence-electron chi connectivity index (χ3n) is 3.98. The van der Waals surface area contributed by atoms with Gasteiger partial charge < -0.3 is 15.5 Å². The average molecular weight is 380 g/mol. The summed E-state index contributed by atoms with van der Waals surface area (Å²) < 4.78 is 0. The molecule has 19 heavy (non-hydrogen) atoms. The summed E-state index contributed by atoms with van der Waals surface area (Å²) in [5, 5.41) is 6.92. The lowest BCUT2D eigenvalue weighted by Crippen LogP contribution is -2.46. The first-order valence-electron chi connectivity index (χ1n) is 7.40. The van der Waals surface area contributed by atoms with Gasteiger partial charge in [0, 0.05) is 32.2 Å². The lowest BCUT2D eigenvalue weighted by molar-refractivity contribution is 0.141. The van der Waals surface area contributed by atoms with Crippen LogP contribution in [-0.2, 0) is 0 Å². The molecule has 1 saturated heterocycles. The summed E-state index contributed by atoms with van der Waals surface area (Å²) in [6.45, 7) is 8.14. The molecule has 2 rings (SSSR count). The van der Waals surface area contributed by atoms with Crippen LogP contribution in [0.5, 0.6) is 0 Å². The summed E-state index contributed by atoms with van der Waals surface area (Å²) in [5.41, 5.74) is 0. The first-order valence-corrected chi connectivity index (χ1v) is 7.40. The highest BCUT2D eigenvalue weighted by molar-refractivity contribution is 14.0. The Kier molecular flexibility index (Phi) is 7.42. The molecule has 1 saturated carbocycles.